The number of piperazine rings is 1. The number of fused-ring (bicyclic) bond motifs is 4. The molecule has 1 spiro atoms. The predicted octanol–water partition coefficient (Wildman–Crippen LogP) is 8.49. The fourth-order valence-corrected chi connectivity index (χ4v) is 9.80. The number of nitrogens with one attached hydrogen (secondary N) is 1. The van der Waals surface area contributed by atoms with Crippen molar-refractivity contribution >= 4 is 67.1 Å². The van der Waals surface area contributed by atoms with Gasteiger partial charge in [0.05, 0.1) is 46.5 Å². The second-order valence-electron chi connectivity index (χ2n) is 15.5. The molecular weight excluding hydrogens is 711 g/mol. The minimum absolute atomic E-state index is 0.000414. The average molecular weight is 749 g/mol. The van der Waals surface area contributed by atoms with E-state index in [0.29, 0.717) is 39.8 Å². The summed E-state index contributed by atoms with van der Waals surface area (Å²) in [6.07, 6.45) is 0.577. The largest absolute Gasteiger partial charge is 0.444 e. The summed E-state index contributed by atoms with van der Waals surface area (Å²) >= 11 is 2.29. The number of nitrogens with zero attached hydrogens (tertiary/aromatic N) is 5. The van der Waals surface area contributed by atoms with Gasteiger partial charge in [-0.15, -0.1) is 11.3 Å². The molecule has 0 radical (unpaired) electrons. The number of halogens is 2. The molecule has 3 unspecified atom stereocenters. The van der Waals surface area contributed by atoms with Gasteiger partial charge in [0.15, 0.2) is 11.0 Å². The molecule has 0 bridgehead atoms. The molecule has 3 aliphatic heterocycles. The Morgan fingerprint density at radius 3 is 2.46 bits per heavy atom. The Kier molecular flexibility index (Phi) is 7.95. The molecule has 3 atom stereocenters. The molecule has 2 saturated heterocycles. The summed E-state index contributed by atoms with van der Waals surface area (Å²) in [5.74, 6) is 0.0300. The zero-order valence-electron chi connectivity index (χ0n) is 29.9. The van der Waals surface area contributed by atoms with Crippen LogP contribution < -0.4 is 10.2 Å². The number of thioether (sulfide) groups is 1. The van der Waals surface area contributed by atoms with Crippen LogP contribution in [0.1, 0.15) is 78.0 Å². The molecule has 4 aliphatic rings. The molecule has 3 fully saturated rings. The number of carbonyl (C=O) groups excluding carboxylic acids is 2. The molecule has 5 heterocycles. The third-order valence-electron chi connectivity index (χ3n) is 10.2. The summed E-state index contributed by atoms with van der Waals surface area (Å²) in [5.41, 5.74) is 0.109. The van der Waals surface area contributed by atoms with Crippen LogP contribution in [0.15, 0.2) is 17.3 Å². The first-order chi connectivity index (χ1) is 24.6. The lowest BCUT2D eigenvalue weighted by Gasteiger charge is -2.80. The van der Waals surface area contributed by atoms with Gasteiger partial charge in [0.25, 0.3) is 0 Å². The van der Waals surface area contributed by atoms with E-state index < -0.39 is 28.9 Å². The first kappa shape index (κ1) is 34.8. The highest BCUT2D eigenvalue weighted by Gasteiger charge is 2.77. The van der Waals surface area contributed by atoms with Gasteiger partial charge in [-0.3, -0.25) is 10.2 Å². The van der Waals surface area contributed by atoms with E-state index in [1.165, 1.54) is 23.9 Å². The van der Waals surface area contributed by atoms with Crippen molar-refractivity contribution in [1.82, 2.24) is 14.9 Å². The van der Waals surface area contributed by atoms with Crippen molar-refractivity contribution in [3.63, 3.8) is 0 Å². The van der Waals surface area contributed by atoms with E-state index in [1.807, 2.05) is 32.6 Å². The molecule has 272 valence electrons. The summed E-state index contributed by atoms with van der Waals surface area (Å²) < 4.78 is 50.1. The third-order valence-corrected chi connectivity index (χ3v) is 12.0. The van der Waals surface area contributed by atoms with Crippen LogP contribution in [0.5, 0.6) is 0 Å². The maximum Gasteiger partial charge on any atom is 0.412 e. The van der Waals surface area contributed by atoms with Crippen molar-refractivity contribution in [2.24, 2.45) is 0 Å². The van der Waals surface area contributed by atoms with E-state index in [1.54, 1.807) is 20.8 Å². The summed E-state index contributed by atoms with van der Waals surface area (Å²) in [6.45, 7) is 13.4. The van der Waals surface area contributed by atoms with Gasteiger partial charge in [-0.1, -0.05) is 24.8 Å². The van der Waals surface area contributed by atoms with Crippen molar-refractivity contribution in [2.75, 3.05) is 22.5 Å². The van der Waals surface area contributed by atoms with E-state index in [9.17, 15) is 14.9 Å². The normalized spacial score (nSPS) is 21.8. The number of hydrogen-bond acceptors (Lipinski definition) is 11. The van der Waals surface area contributed by atoms with Gasteiger partial charge in [-0.25, -0.2) is 28.3 Å². The first-order valence-electron chi connectivity index (χ1n) is 17.3. The summed E-state index contributed by atoms with van der Waals surface area (Å²) in [7, 11) is 0. The minimum Gasteiger partial charge on any atom is -0.444 e. The van der Waals surface area contributed by atoms with E-state index in [4.69, 9.17) is 24.2 Å². The smallest absolute Gasteiger partial charge is 0.412 e. The number of nitriles is 1. The van der Waals surface area contributed by atoms with Gasteiger partial charge in [0.1, 0.15) is 39.4 Å². The Hall–Kier alpha value is -4.26. The Labute approximate surface area is 307 Å². The molecule has 2 aromatic carbocycles. The molecule has 15 heteroatoms. The second-order valence-corrected chi connectivity index (χ2v) is 17.8. The number of benzene rings is 2. The monoisotopic (exact) mass is 748 g/mol. The lowest BCUT2D eigenvalue weighted by molar-refractivity contribution is -0.166. The number of ether oxygens (including phenoxy) is 3. The summed E-state index contributed by atoms with van der Waals surface area (Å²) in [5, 5.41) is 14.2. The van der Waals surface area contributed by atoms with Crippen LogP contribution in [-0.4, -0.2) is 68.2 Å². The van der Waals surface area contributed by atoms with Crippen LogP contribution in [0.3, 0.4) is 0 Å². The number of piperidine rings is 1. The molecule has 1 saturated carbocycles. The van der Waals surface area contributed by atoms with Crippen LogP contribution in [0.2, 0.25) is 0 Å². The quantitative estimate of drug-likeness (QED) is 0.157. The summed E-state index contributed by atoms with van der Waals surface area (Å²) in [6, 6.07) is 4.81. The molecule has 1 aliphatic carbocycles. The lowest BCUT2D eigenvalue weighted by atomic mass is 9.52. The number of carbonyl (C=O) groups is 2. The predicted molar refractivity (Wildman–Crippen MR) is 195 cm³/mol. The number of thiophene rings is 1. The number of anilines is 2. The number of amides is 2. The molecule has 4 aromatic rings. The molecule has 8 rings (SSSR count). The average Bonchev–Trinajstić information content (AvgIpc) is 3.64. The number of likely N-dealkylation sites (tertiary alicyclic amines) is 1. The highest BCUT2D eigenvalue weighted by molar-refractivity contribution is 7.99. The van der Waals surface area contributed by atoms with Gasteiger partial charge >= 0.3 is 12.2 Å². The molecular formula is C37H38F2N6O5S2. The van der Waals surface area contributed by atoms with Crippen LogP contribution in [-0.2, 0) is 27.4 Å². The van der Waals surface area contributed by atoms with Gasteiger partial charge in [-0.05, 0) is 82.9 Å². The second kappa shape index (κ2) is 11.9. The standard InChI is InChI=1S/C37H38F2N6O5S2/c1-8-51-32-41-28-26(30(42-32)45-22-11-12-37(22)23(45)14-44(37)34(47)50-36(5,6)7)20-16-48-15-19(20)24(27(28)39)17-9-10-21(38)29-25(17)18(13-40)31(52-29)43-33(46)49-35(2,3)4/h9-10,22-23H,8,11-12,14-16H2,1-7H3,(H,43,46). The van der Waals surface area contributed by atoms with Gasteiger partial charge in [0, 0.05) is 17.5 Å². The number of hydrogen-bond donors (Lipinski definition) is 1. The Morgan fingerprint density at radius 2 is 1.83 bits per heavy atom. The van der Waals surface area contributed by atoms with Crippen molar-refractivity contribution in [1.29, 1.82) is 5.26 Å². The van der Waals surface area contributed by atoms with Crippen molar-refractivity contribution in [3.05, 3.63) is 40.5 Å². The lowest BCUT2D eigenvalue weighted by Crippen LogP contribution is -2.97. The Bertz CT molecular complexity index is 2250. The van der Waals surface area contributed by atoms with E-state index in [2.05, 4.69) is 16.3 Å². The first-order valence-corrected chi connectivity index (χ1v) is 19.1. The van der Waals surface area contributed by atoms with E-state index >= 15 is 8.78 Å². The SMILES string of the molecule is CCSc1nc(N2C3CCC34C2CN4C(=O)OC(C)(C)C)c2c3c(c(-c4ccc(F)c5sc(NC(=O)OC(C)(C)C)c(C#N)c45)c(F)c2n1)COC3. The van der Waals surface area contributed by atoms with Crippen LogP contribution in [0.4, 0.5) is 29.2 Å². The van der Waals surface area contributed by atoms with Gasteiger partial charge in [-0.2, -0.15) is 5.26 Å². The Morgan fingerprint density at radius 1 is 1.10 bits per heavy atom. The topological polar surface area (TPSA) is 130 Å². The highest BCUT2D eigenvalue weighted by atomic mass is 32.2. The Balaban J connectivity index is 1.28. The molecule has 2 aromatic heterocycles. The molecule has 2 amide bonds. The van der Waals surface area contributed by atoms with Gasteiger partial charge in [0.2, 0.25) is 0 Å². The van der Waals surface area contributed by atoms with Crippen molar-refractivity contribution < 1.29 is 32.6 Å². The fraction of sp³-hybridized carbons (Fsp3) is 0.486. The maximum atomic E-state index is 17.5. The zero-order chi connectivity index (χ0) is 37.1. The number of rotatable bonds is 5. The third kappa shape index (κ3) is 5.12. The van der Waals surface area contributed by atoms with Crippen LogP contribution in [0.25, 0.3) is 32.1 Å². The van der Waals surface area contributed by atoms with Crippen molar-refractivity contribution in [3.8, 4) is 17.2 Å². The molecule has 52 heavy (non-hydrogen) atoms. The van der Waals surface area contributed by atoms with E-state index in [-0.39, 0.29) is 68.7 Å². The summed E-state index contributed by atoms with van der Waals surface area (Å²) in [4.78, 5) is 39.7. The minimum atomic E-state index is -0.805. The van der Waals surface area contributed by atoms with Crippen LogP contribution >= 0.6 is 23.1 Å². The van der Waals surface area contributed by atoms with Gasteiger partial charge < -0.3 is 19.1 Å². The maximum absolute atomic E-state index is 17.5. The zero-order valence-corrected chi connectivity index (χ0v) is 31.5. The van der Waals surface area contributed by atoms with E-state index in [0.717, 1.165) is 29.7 Å². The fourth-order valence-electron chi connectivity index (χ4n) is 8.17. The van der Waals surface area contributed by atoms with Crippen molar-refractivity contribution in [2.45, 2.75) is 109 Å². The molecule has 1 N–H and O–H groups in total. The highest BCUT2D eigenvalue weighted by Crippen LogP contribution is 2.63. The van der Waals surface area contributed by atoms with Crippen LogP contribution in [0, 0.1) is 23.0 Å². The number of aromatic nitrogens is 2. The molecule has 11 nitrogen and oxygen atoms in total.